The van der Waals surface area contributed by atoms with Crippen molar-refractivity contribution in [3.63, 3.8) is 0 Å². The van der Waals surface area contributed by atoms with E-state index >= 15 is 0 Å². The SMILES string of the molecule is [2H]C([2H])(O)C(=O)[C@@]1([2H])CCC2C3CC[C@@H]4C[C@H](O)CCC4(C)C3CCC21C. The maximum Gasteiger partial charge on any atom is 0.161 e. The Morgan fingerprint density at radius 1 is 1.08 bits per heavy atom. The zero-order valence-electron chi connectivity index (χ0n) is 18.1. The van der Waals surface area contributed by atoms with Crippen LogP contribution in [0.3, 0.4) is 0 Å². The summed E-state index contributed by atoms with van der Waals surface area (Å²) in [6.07, 6.45) is 7.77. The van der Waals surface area contributed by atoms with Crippen molar-refractivity contribution < 1.29 is 19.1 Å². The fourth-order valence-electron chi connectivity index (χ4n) is 7.49. The van der Waals surface area contributed by atoms with Crippen molar-refractivity contribution in [2.45, 2.75) is 77.7 Å². The van der Waals surface area contributed by atoms with Crippen LogP contribution in [-0.2, 0) is 4.79 Å². The van der Waals surface area contributed by atoms with Gasteiger partial charge >= 0.3 is 0 Å². The van der Waals surface area contributed by atoms with Crippen LogP contribution >= 0.6 is 0 Å². The molecule has 4 aliphatic carbocycles. The predicted molar refractivity (Wildman–Crippen MR) is 93.3 cm³/mol. The van der Waals surface area contributed by atoms with Gasteiger partial charge in [0, 0.05) is 7.26 Å². The molecular formula is C21H34O3. The lowest BCUT2D eigenvalue weighted by Gasteiger charge is -2.60. The smallest absolute Gasteiger partial charge is 0.161 e. The van der Waals surface area contributed by atoms with Crippen molar-refractivity contribution in [1.82, 2.24) is 0 Å². The zero-order chi connectivity index (χ0) is 19.8. The highest BCUT2D eigenvalue weighted by atomic mass is 16.3. The fraction of sp³-hybridized carbons (Fsp3) is 0.952. The highest BCUT2D eigenvalue weighted by Gasteiger charge is 2.60. The van der Waals surface area contributed by atoms with Gasteiger partial charge < -0.3 is 10.2 Å². The van der Waals surface area contributed by atoms with Crippen LogP contribution in [0.15, 0.2) is 0 Å². The summed E-state index contributed by atoms with van der Waals surface area (Å²) in [6, 6.07) is 0. The van der Waals surface area contributed by atoms with Crippen LogP contribution in [0.5, 0.6) is 0 Å². The number of aliphatic hydroxyl groups excluding tert-OH is 1. The first kappa shape index (κ1) is 13.7. The van der Waals surface area contributed by atoms with Crippen LogP contribution in [-0.4, -0.2) is 28.7 Å². The molecule has 8 atom stereocenters. The second kappa shape index (κ2) is 5.81. The number of hydrogen-bond donors (Lipinski definition) is 2. The summed E-state index contributed by atoms with van der Waals surface area (Å²) >= 11 is 0. The molecule has 0 heterocycles. The summed E-state index contributed by atoms with van der Waals surface area (Å²) in [5.41, 5.74) is -0.314. The van der Waals surface area contributed by atoms with E-state index in [0.29, 0.717) is 24.2 Å². The molecule has 0 spiro atoms. The van der Waals surface area contributed by atoms with Gasteiger partial charge in [0.05, 0.1) is 8.85 Å². The Kier molecular flexibility index (Phi) is 3.33. The van der Waals surface area contributed by atoms with E-state index in [4.69, 9.17) is 4.11 Å². The second-order valence-corrected chi connectivity index (χ2v) is 9.50. The Hall–Kier alpha value is -0.410. The van der Waals surface area contributed by atoms with Gasteiger partial charge in [0.15, 0.2) is 5.78 Å². The molecule has 0 bridgehead atoms. The van der Waals surface area contributed by atoms with Crippen LogP contribution < -0.4 is 0 Å². The van der Waals surface area contributed by atoms with Crippen LogP contribution in [0.2, 0.25) is 0 Å². The average molecular weight is 338 g/mol. The third kappa shape index (κ3) is 2.26. The molecule has 0 aromatic carbocycles. The highest BCUT2D eigenvalue weighted by molar-refractivity contribution is 5.83. The minimum atomic E-state index is -2.93. The monoisotopic (exact) mass is 337 g/mol. The van der Waals surface area contributed by atoms with Gasteiger partial charge in [-0.3, -0.25) is 4.79 Å². The van der Waals surface area contributed by atoms with Crippen molar-refractivity contribution in [3.05, 3.63) is 0 Å². The molecule has 0 aromatic heterocycles. The Morgan fingerprint density at radius 2 is 1.79 bits per heavy atom. The normalized spacial score (nSPS) is 59.3. The van der Waals surface area contributed by atoms with Crippen LogP contribution in [0.4, 0.5) is 0 Å². The Labute approximate surface area is 150 Å². The molecule has 3 heteroatoms. The molecule has 4 rings (SSSR count). The number of hydrogen-bond acceptors (Lipinski definition) is 3. The number of rotatable bonds is 2. The van der Waals surface area contributed by atoms with Crippen molar-refractivity contribution in [2.24, 2.45) is 40.4 Å². The fourth-order valence-corrected chi connectivity index (χ4v) is 7.49. The van der Waals surface area contributed by atoms with Gasteiger partial charge in [-0.15, -0.1) is 0 Å². The Balaban J connectivity index is 1.64. The lowest BCUT2D eigenvalue weighted by atomic mass is 9.44. The number of ketones is 1. The molecule has 4 aliphatic rings. The molecule has 5 unspecified atom stereocenters. The summed E-state index contributed by atoms with van der Waals surface area (Å²) < 4.78 is 23.9. The van der Waals surface area contributed by atoms with Crippen LogP contribution in [0.25, 0.3) is 0 Å². The van der Waals surface area contributed by atoms with Gasteiger partial charge in [0.25, 0.3) is 0 Å². The van der Waals surface area contributed by atoms with E-state index in [1.807, 2.05) is 6.92 Å². The minimum absolute atomic E-state index is 0.162. The molecule has 136 valence electrons. The molecule has 0 radical (unpaired) electrons. The van der Waals surface area contributed by atoms with Crippen molar-refractivity contribution in [2.75, 3.05) is 6.56 Å². The van der Waals surface area contributed by atoms with Gasteiger partial charge in [-0.2, -0.15) is 0 Å². The number of carbonyl (C=O) groups excluding carboxylic acids is 1. The standard InChI is InChI=1S/C21H34O3/c1-20-9-7-14(23)11-13(20)3-4-15-16-5-6-18(19(24)12-22)21(16,2)10-8-17(15)20/h13-18,22-23H,3-12H2,1-2H3/t13-,14-,15?,16?,17?,18-,20?,21?/m1/s1/i12D2,18D. The lowest BCUT2D eigenvalue weighted by molar-refractivity contribution is -0.141. The summed E-state index contributed by atoms with van der Waals surface area (Å²) in [4.78, 5) is 12.7. The highest BCUT2D eigenvalue weighted by Crippen LogP contribution is 2.67. The van der Waals surface area contributed by atoms with Crippen LogP contribution in [0.1, 0.15) is 75.7 Å². The minimum Gasteiger partial charge on any atom is -0.393 e. The molecular weight excluding hydrogens is 300 g/mol. The zero-order valence-corrected chi connectivity index (χ0v) is 15.1. The molecule has 0 aromatic rings. The van der Waals surface area contributed by atoms with Gasteiger partial charge in [-0.05, 0) is 92.3 Å². The molecule has 24 heavy (non-hydrogen) atoms. The molecule has 0 aliphatic heterocycles. The number of Topliss-reactive ketones (excluding diaryl/α,β-unsaturated/α-hetero) is 1. The first-order valence-electron chi connectivity index (χ1n) is 11.4. The third-order valence-electron chi connectivity index (χ3n) is 8.80. The van der Waals surface area contributed by atoms with Gasteiger partial charge in [0.2, 0.25) is 0 Å². The quantitative estimate of drug-likeness (QED) is 0.810. The Morgan fingerprint density at radius 3 is 2.54 bits per heavy atom. The maximum absolute atomic E-state index is 12.7. The second-order valence-electron chi connectivity index (χ2n) is 9.50. The van der Waals surface area contributed by atoms with Crippen molar-refractivity contribution in [1.29, 1.82) is 0 Å². The summed E-state index contributed by atoms with van der Waals surface area (Å²) in [6.45, 7) is 1.49. The first-order chi connectivity index (χ1) is 12.4. The van der Waals surface area contributed by atoms with E-state index in [1.54, 1.807) is 0 Å². The largest absolute Gasteiger partial charge is 0.393 e. The Bertz CT molecular complexity index is 635. The lowest BCUT2D eigenvalue weighted by Crippen LogP contribution is -2.54. The van der Waals surface area contributed by atoms with E-state index in [-0.39, 0.29) is 17.4 Å². The third-order valence-corrected chi connectivity index (χ3v) is 8.80. The predicted octanol–water partition coefficient (Wildman–Crippen LogP) is 3.57. The van der Waals surface area contributed by atoms with E-state index in [9.17, 15) is 15.0 Å². The summed E-state index contributed by atoms with van der Waals surface area (Å²) in [5, 5.41) is 19.8. The van der Waals surface area contributed by atoms with Gasteiger partial charge in [-0.25, -0.2) is 0 Å². The first-order valence-corrected chi connectivity index (χ1v) is 9.89. The van der Waals surface area contributed by atoms with Gasteiger partial charge in [0.1, 0.15) is 6.56 Å². The van der Waals surface area contributed by atoms with Crippen LogP contribution in [0, 0.1) is 40.4 Å². The topological polar surface area (TPSA) is 57.5 Å². The molecule has 3 nitrogen and oxygen atoms in total. The number of fused-ring (bicyclic) bond motifs is 5. The molecule has 4 saturated carbocycles. The number of aliphatic hydroxyl groups is 2. The average Bonchev–Trinajstić information content (AvgIpc) is 2.86. The van der Waals surface area contributed by atoms with Crippen molar-refractivity contribution >= 4 is 5.78 Å². The summed E-state index contributed by atoms with van der Waals surface area (Å²) in [5.74, 6) is -0.595. The molecule has 4 fully saturated rings. The molecule has 2 N–H and O–H groups in total. The molecule has 0 amide bonds. The number of carbonyl (C=O) groups is 1. The van der Waals surface area contributed by atoms with E-state index in [0.717, 1.165) is 51.4 Å². The van der Waals surface area contributed by atoms with E-state index < -0.39 is 23.7 Å². The summed E-state index contributed by atoms with van der Waals surface area (Å²) in [7, 11) is 0. The molecule has 0 saturated heterocycles. The maximum atomic E-state index is 12.7. The van der Waals surface area contributed by atoms with Crippen molar-refractivity contribution in [3.8, 4) is 0 Å². The van der Waals surface area contributed by atoms with E-state index in [2.05, 4.69) is 6.92 Å². The van der Waals surface area contributed by atoms with E-state index in [1.165, 1.54) is 0 Å². The van der Waals surface area contributed by atoms with Gasteiger partial charge in [-0.1, -0.05) is 13.8 Å².